The van der Waals surface area contributed by atoms with Crippen molar-refractivity contribution in [3.05, 3.63) is 30.6 Å². The van der Waals surface area contributed by atoms with Gasteiger partial charge in [-0.2, -0.15) is 0 Å². The first-order valence-electron chi connectivity index (χ1n) is 1.91. The fourth-order valence-electron chi connectivity index (χ4n) is 0.342. The van der Waals surface area contributed by atoms with Crippen LogP contribution in [0.4, 0.5) is 0 Å². The van der Waals surface area contributed by atoms with Crippen LogP contribution in [0.15, 0.2) is 30.6 Å². The van der Waals surface area contributed by atoms with E-state index >= 15 is 0 Å². The van der Waals surface area contributed by atoms with E-state index in [9.17, 15) is 0 Å². The van der Waals surface area contributed by atoms with Crippen LogP contribution in [0.2, 0.25) is 0 Å². The summed E-state index contributed by atoms with van der Waals surface area (Å²) in [6.45, 7) is 0. The number of H-pyrrole nitrogens is 1. The number of hydrogen-bond acceptors (Lipinski definition) is 0. The second-order valence-electron chi connectivity index (χ2n) is 1.08. The minimum Gasteiger partial charge on any atom is -1.00 e. The SMILES string of the molecule is Br.[Br-].[H+].c1cc[nH+]cc1. The van der Waals surface area contributed by atoms with Gasteiger partial charge in [-0.15, -0.1) is 17.0 Å². The standard InChI is InChI=1S/C5H5N.2BrH/c1-2-4-6-5-3-1;;/h1-5H;2*1H/p+1. The molecule has 0 aromatic carbocycles. The zero-order valence-electron chi connectivity index (χ0n) is 5.17. The molecule has 0 unspecified atom stereocenters. The van der Waals surface area contributed by atoms with E-state index in [4.69, 9.17) is 0 Å². The summed E-state index contributed by atoms with van der Waals surface area (Å²) in [4.78, 5) is 2.89. The maximum Gasteiger partial charge on any atom is 1.00 e. The molecule has 3 heteroatoms. The highest BCUT2D eigenvalue weighted by atomic mass is 79.9. The quantitative estimate of drug-likeness (QED) is 0.509. The van der Waals surface area contributed by atoms with Gasteiger partial charge in [0, 0.05) is 12.1 Å². The van der Waals surface area contributed by atoms with E-state index in [2.05, 4.69) is 4.98 Å². The van der Waals surface area contributed by atoms with Gasteiger partial charge in [-0.05, 0) is 0 Å². The molecule has 0 saturated heterocycles. The Kier molecular flexibility index (Phi) is 9.76. The van der Waals surface area contributed by atoms with Gasteiger partial charge in [-0.25, -0.2) is 4.98 Å². The molecule has 0 fully saturated rings. The van der Waals surface area contributed by atoms with Gasteiger partial charge in [-0.3, -0.25) is 0 Å². The van der Waals surface area contributed by atoms with E-state index in [0.29, 0.717) is 0 Å². The Morgan fingerprint density at radius 3 is 1.62 bits per heavy atom. The van der Waals surface area contributed by atoms with Crippen LogP contribution in [0.1, 0.15) is 1.43 Å². The van der Waals surface area contributed by atoms with Crippen molar-refractivity contribution >= 4 is 17.0 Å². The molecule has 0 atom stereocenters. The summed E-state index contributed by atoms with van der Waals surface area (Å²) >= 11 is 0. The van der Waals surface area contributed by atoms with Crippen LogP contribution in [-0.4, -0.2) is 0 Å². The van der Waals surface area contributed by atoms with Crippen LogP contribution in [0.3, 0.4) is 0 Å². The summed E-state index contributed by atoms with van der Waals surface area (Å²) < 4.78 is 0. The minimum absolute atomic E-state index is 0. The van der Waals surface area contributed by atoms with Gasteiger partial charge < -0.3 is 17.0 Å². The van der Waals surface area contributed by atoms with E-state index in [1.54, 1.807) is 0 Å². The third kappa shape index (κ3) is 4.27. The monoisotopic (exact) mass is 240 g/mol. The zero-order chi connectivity index (χ0) is 4.24. The summed E-state index contributed by atoms with van der Waals surface area (Å²) in [5.74, 6) is 0. The largest absolute Gasteiger partial charge is 1.00 e. The van der Waals surface area contributed by atoms with Crippen LogP contribution in [0, 0.1) is 0 Å². The van der Waals surface area contributed by atoms with Crippen molar-refractivity contribution in [2.75, 3.05) is 0 Å². The number of pyridine rings is 1. The van der Waals surface area contributed by atoms with Crippen molar-refractivity contribution in [1.82, 2.24) is 0 Å². The maximum absolute atomic E-state index is 2.89. The lowest BCUT2D eigenvalue weighted by Gasteiger charge is -1.63. The number of halogens is 2. The number of hydrogen-bond donors (Lipinski definition) is 0. The molecule has 0 aliphatic carbocycles. The predicted octanol–water partition coefficient (Wildman–Crippen LogP) is -1.80. The summed E-state index contributed by atoms with van der Waals surface area (Å²) in [7, 11) is 0. The van der Waals surface area contributed by atoms with Crippen LogP contribution in [0.5, 0.6) is 0 Å². The van der Waals surface area contributed by atoms with Crippen molar-refractivity contribution in [1.29, 1.82) is 0 Å². The lowest BCUT2D eigenvalue weighted by molar-refractivity contribution is -0.377. The molecule has 1 aromatic rings. The van der Waals surface area contributed by atoms with Crippen LogP contribution < -0.4 is 22.0 Å². The second kappa shape index (κ2) is 7.11. The second-order valence-corrected chi connectivity index (χ2v) is 1.08. The molecule has 8 heavy (non-hydrogen) atoms. The van der Waals surface area contributed by atoms with Gasteiger partial charge in [0.25, 0.3) is 0 Å². The van der Waals surface area contributed by atoms with Gasteiger partial charge in [0.1, 0.15) is 0 Å². The highest BCUT2D eigenvalue weighted by Gasteiger charge is 1.65. The Labute approximate surface area is 71.2 Å². The Balaban J connectivity index is -0.000000120. The van der Waals surface area contributed by atoms with Crippen molar-refractivity contribution in [3.63, 3.8) is 0 Å². The normalized spacial score (nSPS) is 6.00. The van der Waals surface area contributed by atoms with Gasteiger partial charge >= 0.3 is 1.43 Å². The van der Waals surface area contributed by atoms with E-state index in [-0.39, 0.29) is 35.4 Å². The average Bonchev–Trinajstić information content (AvgIpc) is 1.72. The number of rotatable bonds is 0. The molecule has 1 nitrogen and oxygen atoms in total. The lowest BCUT2D eigenvalue weighted by Crippen LogP contribution is -3.00. The maximum atomic E-state index is 2.89. The zero-order valence-corrected chi connectivity index (χ0v) is 7.47. The Morgan fingerprint density at radius 2 is 1.50 bits per heavy atom. The number of nitrogens with one attached hydrogen (secondary N) is 1. The molecule has 0 aliphatic heterocycles. The molecule has 0 spiro atoms. The third-order valence-corrected chi connectivity index (χ3v) is 0.607. The van der Waals surface area contributed by atoms with Crippen LogP contribution >= 0.6 is 17.0 Å². The first-order chi connectivity index (χ1) is 3.00. The Bertz CT molecular complexity index is 86.9. The molecular formula is C5H8Br2N+. The first kappa shape index (κ1) is 11.0. The van der Waals surface area contributed by atoms with Gasteiger partial charge in [-0.1, -0.05) is 6.07 Å². The third-order valence-electron chi connectivity index (χ3n) is 0.607. The molecule has 1 rings (SSSR count). The van der Waals surface area contributed by atoms with Crippen molar-refractivity contribution in [2.45, 2.75) is 0 Å². The van der Waals surface area contributed by atoms with Gasteiger partial charge in [0.15, 0.2) is 12.4 Å². The molecule has 0 saturated carbocycles. The summed E-state index contributed by atoms with van der Waals surface area (Å²) in [6, 6.07) is 5.86. The fraction of sp³-hybridized carbons (Fsp3) is 0. The Hall–Kier alpha value is 0.110. The molecule has 1 N–H and O–H groups in total. The summed E-state index contributed by atoms with van der Waals surface area (Å²) in [5.41, 5.74) is 0. The summed E-state index contributed by atoms with van der Waals surface area (Å²) in [6.07, 6.45) is 3.75. The van der Waals surface area contributed by atoms with Crippen molar-refractivity contribution in [3.8, 4) is 0 Å². The topological polar surface area (TPSA) is 14.1 Å². The summed E-state index contributed by atoms with van der Waals surface area (Å²) in [5, 5.41) is 0. The predicted molar refractivity (Wildman–Crippen MR) is 34.4 cm³/mol. The van der Waals surface area contributed by atoms with Gasteiger partial charge in [0.05, 0.1) is 0 Å². The number of aromatic nitrogens is 1. The highest BCUT2D eigenvalue weighted by Crippen LogP contribution is 1.68. The lowest BCUT2D eigenvalue weighted by atomic mass is 10.5. The fourth-order valence-corrected chi connectivity index (χ4v) is 0.342. The molecule has 1 aromatic heterocycles. The van der Waals surface area contributed by atoms with E-state index in [0.717, 1.165) is 0 Å². The van der Waals surface area contributed by atoms with E-state index in [1.165, 1.54) is 0 Å². The number of aromatic amines is 1. The molecular weight excluding hydrogens is 234 g/mol. The smallest absolute Gasteiger partial charge is 1.00 e. The Morgan fingerprint density at radius 1 is 1.00 bits per heavy atom. The first-order valence-corrected chi connectivity index (χ1v) is 1.91. The van der Waals surface area contributed by atoms with Crippen molar-refractivity contribution < 1.29 is 23.4 Å². The van der Waals surface area contributed by atoms with Crippen molar-refractivity contribution in [2.24, 2.45) is 0 Å². The average molecular weight is 242 g/mol. The molecule has 0 radical (unpaired) electrons. The van der Waals surface area contributed by atoms with Crippen LogP contribution in [0.25, 0.3) is 0 Å². The van der Waals surface area contributed by atoms with Crippen LogP contribution in [-0.2, 0) is 0 Å². The van der Waals surface area contributed by atoms with Gasteiger partial charge in [0.2, 0.25) is 0 Å². The van der Waals surface area contributed by atoms with E-state index in [1.807, 2.05) is 30.6 Å². The highest BCUT2D eigenvalue weighted by molar-refractivity contribution is 8.93. The minimum atomic E-state index is 0. The molecule has 0 amide bonds. The molecule has 0 aliphatic rings. The molecule has 46 valence electrons. The van der Waals surface area contributed by atoms with E-state index < -0.39 is 0 Å². The molecule has 0 bridgehead atoms. The molecule has 1 heterocycles.